The van der Waals surface area contributed by atoms with Gasteiger partial charge in [0.05, 0.1) is 12.3 Å². The van der Waals surface area contributed by atoms with Crippen molar-refractivity contribution in [1.82, 2.24) is 0 Å². The second kappa shape index (κ2) is 10.0. The molecule has 0 bridgehead atoms. The first-order valence-electron chi connectivity index (χ1n) is 5.47. The Morgan fingerprint density at radius 1 is 1.18 bits per heavy atom. The Kier molecular flexibility index (Phi) is 8.91. The monoisotopic (exact) mass is 367 g/mol. The summed E-state index contributed by atoms with van der Waals surface area (Å²) in [7, 11) is 9.63. The molecule has 2 rings (SSSR count). The summed E-state index contributed by atoms with van der Waals surface area (Å²) < 4.78 is 0. The minimum atomic E-state index is -0.318. The summed E-state index contributed by atoms with van der Waals surface area (Å²) in [4.78, 5) is 4.07. The fourth-order valence-electron chi connectivity index (χ4n) is 1.74. The summed E-state index contributed by atoms with van der Waals surface area (Å²) in [5.74, 6) is 0. The number of hydrogen-bond donors (Lipinski definition) is 0. The van der Waals surface area contributed by atoms with Crippen LogP contribution in [0.4, 0.5) is 0 Å². The number of hydrogen-bond acceptors (Lipinski definition) is 3. The van der Waals surface area contributed by atoms with Gasteiger partial charge in [-0.2, -0.15) is 16.4 Å². The van der Waals surface area contributed by atoms with E-state index in [4.69, 9.17) is 19.1 Å². The summed E-state index contributed by atoms with van der Waals surface area (Å²) in [5, 5.41) is 12.5. The Bertz CT molecular complexity index is 277. The average Bonchev–Trinajstić information content (AvgIpc) is 2.40. The zero-order valence-corrected chi connectivity index (χ0v) is 12.3. The van der Waals surface area contributed by atoms with E-state index in [1.807, 2.05) is 0 Å². The van der Waals surface area contributed by atoms with E-state index >= 15 is 0 Å². The molecular weight excluding hydrogens is 353 g/mol. The average molecular weight is 369 g/mol. The van der Waals surface area contributed by atoms with E-state index in [2.05, 4.69) is 20.5 Å². The summed E-state index contributed by atoms with van der Waals surface area (Å²) in [5.41, 5.74) is 0. The van der Waals surface area contributed by atoms with Gasteiger partial charge < -0.3 is 5.32 Å². The predicted molar refractivity (Wildman–Crippen MR) is 68.2 cm³/mol. The first-order chi connectivity index (χ1) is 8.36. The van der Waals surface area contributed by atoms with Crippen LogP contribution in [-0.2, 0) is 15.9 Å². The molecule has 1 aliphatic heterocycles. The number of aliphatic imine (C=N–C) groups is 1. The normalized spacial score (nSPS) is 24.5. The van der Waals surface area contributed by atoms with Gasteiger partial charge in [0.25, 0.3) is 0 Å². The molecule has 0 N–H and O–H groups in total. The molecule has 0 radical (unpaired) electrons. The van der Waals surface area contributed by atoms with E-state index in [1.54, 1.807) is 18.5 Å². The van der Waals surface area contributed by atoms with Crippen molar-refractivity contribution in [3.8, 4) is 0 Å². The number of allylic oxidation sites excluding steroid dienone is 1. The third kappa shape index (κ3) is 7.15. The SMILES string of the molecule is C1=C[N-]C(N=NC2CCCCC2)N=C1.[Cl][Pd][Cl]. The number of rotatable bonds is 2. The third-order valence-corrected chi connectivity index (χ3v) is 2.52. The molecule has 100 valence electrons. The van der Waals surface area contributed by atoms with Crippen LogP contribution in [0.25, 0.3) is 5.32 Å². The van der Waals surface area contributed by atoms with Gasteiger partial charge >= 0.3 is 35.0 Å². The molecule has 2 aliphatic rings. The predicted octanol–water partition coefficient (Wildman–Crippen LogP) is 4.40. The molecule has 0 aromatic heterocycles. The Labute approximate surface area is 118 Å². The van der Waals surface area contributed by atoms with E-state index in [1.165, 1.54) is 32.1 Å². The Hall–Kier alpha value is 0.0523. The van der Waals surface area contributed by atoms with Crippen LogP contribution >= 0.6 is 19.1 Å². The number of nitrogens with zero attached hydrogens (tertiary/aromatic N) is 4. The quantitative estimate of drug-likeness (QED) is 0.512. The van der Waals surface area contributed by atoms with Crippen molar-refractivity contribution in [3.63, 3.8) is 0 Å². The summed E-state index contributed by atoms with van der Waals surface area (Å²) in [6, 6.07) is 0.417. The maximum atomic E-state index is 4.81. The Balaban J connectivity index is 0.000000437. The first kappa shape index (κ1) is 15.1. The van der Waals surface area contributed by atoms with Crippen molar-refractivity contribution in [3.05, 3.63) is 17.6 Å². The van der Waals surface area contributed by atoms with Crippen molar-refractivity contribution in [2.75, 3.05) is 0 Å². The van der Waals surface area contributed by atoms with Gasteiger partial charge in [0.15, 0.2) is 0 Å². The molecule has 1 heterocycles. The van der Waals surface area contributed by atoms with Crippen molar-refractivity contribution in [1.29, 1.82) is 0 Å². The van der Waals surface area contributed by atoms with Gasteiger partial charge in [0.1, 0.15) is 0 Å². The van der Waals surface area contributed by atoms with E-state index in [9.17, 15) is 0 Å². The van der Waals surface area contributed by atoms with Crippen LogP contribution in [0, 0.1) is 0 Å². The van der Waals surface area contributed by atoms with E-state index in [0.29, 0.717) is 6.04 Å². The van der Waals surface area contributed by atoms with Gasteiger partial charge in [-0.3, -0.25) is 4.99 Å². The molecule has 0 spiro atoms. The second-order valence-electron chi connectivity index (χ2n) is 3.70. The van der Waals surface area contributed by atoms with Crippen LogP contribution in [0.3, 0.4) is 0 Å². The standard InChI is InChI=1S/C10H15N4.2ClH.Pd/c1-2-5-9(6-3-1)13-14-10-11-7-4-8-12-10;;;/h4,7-10H,1-3,5-6H2;2*1H;/q-1;;;+2/p-2. The van der Waals surface area contributed by atoms with Gasteiger partial charge in [-0.05, 0) is 12.8 Å². The minimum absolute atomic E-state index is 0.106. The molecule has 0 aromatic carbocycles. The first-order valence-corrected chi connectivity index (χ1v) is 9.47. The van der Waals surface area contributed by atoms with Crippen molar-refractivity contribution in [2.45, 2.75) is 44.4 Å². The van der Waals surface area contributed by atoms with E-state index in [-0.39, 0.29) is 22.2 Å². The number of halogens is 2. The van der Waals surface area contributed by atoms with Gasteiger partial charge in [0.2, 0.25) is 0 Å². The van der Waals surface area contributed by atoms with E-state index in [0.717, 1.165) is 0 Å². The van der Waals surface area contributed by atoms with Crippen LogP contribution in [0.5, 0.6) is 0 Å². The second-order valence-corrected chi connectivity index (χ2v) is 6.06. The van der Waals surface area contributed by atoms with E-state index < -0.39 is 0 Å². The topological polar surface area (TPSA) is 51.2 Å². The fraction of sp³-hybridized carbons (Fsp3) is 0.700. The van der Waals surface area contributed by atoms with Crippen LogP contribution < -0.4 is 0 Å². The molecule has 1 unspecified atom stereocenters. The Morgan fingerprint density at radius 3 is 2.47 bits per heavy atom. The van der Waals surface area contributed by atoms with Crippen LogP contribution in [0.1, 0.15) is 32.1 Å². The molecule has 1 atom stereocenters. The summed E-state index contributed by atoms with van der Waals surface area (Å²) in [6.45, 7) is 0. The molecule has 0 aromatic rings. The molecule has 0 saturated heterocycles. The van der Waals surface area contributed by atoms with Gasteiger partial charge in [-0.15, -0.1) is 0 Å². The summed E-state index contributed by atoms with van der Waals surface area (Å²) in [6.07, 6.45) is 11.2. The summed E-state index contributed by atoms with van der Waals surface area (Å²) >= 11 is -0.106. The molecule has 1 fully saturated rings. The molecule has 7 heteroatoms. The van der Waals surface area contributed by atoms with Crippen LogP contribution in [0.15, 0.2) is 27.5 Å². The van der Waals surface area contributed by atoms with Crippen LogP contribution in [-0.4, -0.2) is 18.5 Å². The number of azo groups is 1. The molecular formula is C10H15Cl2N4Pd-. The van der Waals surface area contributed by atoms with Gasteiger partial charge in [0, 0.05) is 6.21 Å². The van der Waals surface area contributed by atoms with Gasteiger partial charge in [-0.1, -0.05) is 25.3 Å². The van der Waals surface area contributed by atoms with Gasteiger partial charge in [-0.25, -0.2) is 0 Å². The Morgan fingerprint density at radius 2 is 1.88 bits per heavy atom. The fourth-order valence-corrected chi connectivity index (χ4v) is 1.74. The van der Waals surface area contributed by atoms with Crippen molar-refractivity contribution in [2.24, 2.45) is 15.2 Å². The molecule has 0 amide bonds. The van der Waals surface area contributed by atoms with Crippen molar-refractivity contribution < 1.29 is 15.9 Å². The van der Waals surface area contributed by atoms with Crippen LogP contribution in [0.2, 0.25) is 0 Å². The molecule has 1 saturated carbocycles. The third-order valence-electron chi connectivity index (χ3n) is 2.52. The molecule has 1 aliphatic carbocycles. The molecule has 17 heavy (non-hydrogen) atoms. The zero-order valence-electron chi connectivity index (χ0n) is 9.28. The van der Waals surface area contributed by atoms with Crippen molar-refractivity contribution >= 4 is 25.3 Å². The maximum absolute atomic E-state index is 4.81. The molecule has 4 nitrogen and oxygen atoms in total. The zero-order chi connectivity index (χ0) is 12.3.